The Bertz CT molecular complexity index is 541. The van der Waals surface area contributed by atoms with Crippen molar-refractivity contribution in [2.24, 2.45) is 0 Å². The fraction of sp³-hybridized carbons (Fsp3) is 0.333. The lowest BCUT2D eigenvalue weighted by Gasteiger charge is -2.29. The van der Waals surface area contributed by atoms with E-state index in [1.807, 2.05) is 5.32 Å². The first kappa shape index (κ1) is 14.3. The molecule has 1 saturated heterocycles. The average molecular weight is 288 g/mol. The van der Waals surface area contributed by atoms with Crippen molar-refractivity contribution in [2.75, 3.05) is 18.0 Å². The number of imide groups is 1. The van der Waals surface area contributed by atoms with Gasteiger partial charge in [-0.15, -0.1) is 0 Å². The number of amides is 2. The largest absolute Gasteiger partial charge is 0.418 e. The molecule has 0 saturated carbocycles. The van der Waals surface area contributed by atoms with Gasteiger partial charge in [0, 0.05) is 5.69 Å². The minimum absolute atomic E-state index is 0.105. The number of hydrogen-bond donors (Lipinski definition) is 2. The molecule has 0 unspecified atom stereocenters. The van der Waals surface area contributed by atoms with E-state index in [1.165, 1.54) is 6.07 Å². The molecule has 20 heavy (non-hydrogen) atoms. The maximum absolute atomic E-state index is 13.0. The van der Waals surface area contributed by atoms with Gasteiger partial charge in [-0.3, -0.25) is 14.9 Å². The molecule has 2 amide bonds. The molecular weight excluding hydrogens is 277 g/mol. The lowest BCUT2D eigenvalue weighted by molar-refractivity contribution is -0.138. The van der Waals surface area contributed by atoms with Crippen LogP contribution in [0.15, 0.2) is 18.2 Å². The highest BCUT2D eigenvalue weighted by atomic mass is 19.4. The van der Waals surface area contributed by atoms with Gasteiger partial charge >= 0.3 is 6.18 Å². The Hall–Kier alpha value is -2.09. The molecule has 0 bridgehead atoms. The Morgan fingerprint density at radius 1 is 1.20 bits per heavy atom. The molecule has 8 heteroatoms. The quantitative estimate of drug-likeness (QED) is 0.784. The SMILES string of the molecule is O=C1CN(c2ccc(CO)cc2C(F)(F)F)CC(=O)N1. The van der Waals surface area contributed by atoms with Crippen molar-refractivity contribution in [1.29, 1.82) is 0 Å². The lowest BCUT2D eigenvalue weighted by atomic mass is 10.1. The highest BCUT2D eigenvalue weighted by Crippen LogP contribution is 2.37. The molecule has 1 aromatic rings. The summed E-state index contributed by atoms with van der Waals surface area (Å²) in [7, 11) is 0. The standard InChI is InChI=1S/C12H11F3N2O3/c13-12(14,15)8-3-7(6-18)1-2-9(8)17-4-10(19)16-11(20)5-17/h1-3,18H,4-6H2,(H,16,19,20). The molecule has 0 aromatic heterocycles. The molecule has 1 aliphatic rings. The number of aliphatic hydroxyl groups excluding tert-OH is 1. The summed E-state index contributed by atoms with van der Waals surface area (Å²) in [5, 5.41) is 10.9. The molecule has 0 atom stereocenters. The maximum atomic E-state index is 13.0. The first-order valence-corrected chi connectivity index (χ1v) is 5.70. The lowest BCUT2D eigenvalue weighted by Crippen LogP contribution is -2.52. The summed E-state index contributed by atoms with van der Waals surface area (Å²) in [6.45, 7) is -1.18. The smallest absolute Gasteiger partial charge is 0.392 e. The van der Waals surface area contributed by atoms with Gasteiger partial charge < -0.3 is 10.0 Å². The van der Waals surface area contributed by atoms with Crippen molar-refractivity contribution in [2.45, 2.75) is 12.8 Å². The average Bonchev–Trinajstić information content (AvgIpc) is 2.35. The van der Waals surface area contributed by atoms with Crippen LogP contribution in [0.2, 0.25) is 0 Å². The molecule has 1 aliphatic heterocycles. The van der Waals surface area contributed by atoms with Gasteiger partial charge in [-0.2, -0.15) is 13.2 Å². The number of aliphatic hydroxyl groups is 1. The van der Waals surface area contributed by atoms with Crippen LogP contribution >= 0.6 is 0 Å². The first-order valence-electron chi connectivity index (χ1n) is 5.70. The van der Waals surface area contributed by atoms with E-state index in [0.717, 1.165) is 17.0 Å². The predicted octanol–water partition coefficient (Wildman–Crippen LogP) is 0.661. The van der Waals surface area contributed by atoms with Gasteiger partial charge in [-0.05, 0) is 17.7 Å². The van der Waals surface area contributed by atoms with Crippen LogP contribution in [0.1, 0.15) is 11.1 Å². The topological polar surface area (TPSA) is 69.6 Å². The van der Waals surface area contributed by atoms with Crippen LogP contribution in [0, 0.1) is 0 Å². The van der Waals surface area contributed by atoms with Gasteiger partial charge in [0.05, 0.1) is 25.3 Å². The number of nitrogens with zero attached hydrogens (tertiary/aromatic N) is 1. The summed E-state index contributed by atoms with van der Waals surface area (Å²) in [5.74, 6) is -1.30. The molecule has 2 N–H and O–H groups in total. The Labute approximate surface area is 112 Å². The van der Waals surface area contributed by atoms with E-state index in [9.17, 15) is 22.8 Å². The molecule has 5 nitrogen and oxygen atoms in total. The number of benzene rings is 1. The Morgan fingerprint density at radius 3 is 2.30 bits per heavy atom. The first-order chi connectivity index (χ1) is 9.31. The normalized spacial score (nSPS) is 16.3. The minimum atomic E-state index is -4.64. The molecule has 1 aromatic carbocycles. The molecule has 1 heterocycles. The van der Waals surface area contributed by atoms with Crippen molar-refractivity contribution in [3.8, 4) is 0 Å². The van der Waals surface area contributed by atoms with Gasteiger partial charge in [0.25, 0.3) is 0 Å². The Kier molecular flexibility index (Phi) is 3.67. The number of nitrogens with one attached hydrogen (secondary N) is 1. The second-order valence-corrected chi connectivity index (χ2v) is 4.33. The fourth-order valence-electron chi connectivity index (χ4n) is 1.99. The number of piperazine rings is 1. The second kappa shape index (κ2) is 5.12. The zero-order chi connectivity index (χ0) is 14.9. The second-order valence-electron chi connectivity index (χ2n) is 4.33. The highest BCUT2D eigenvalue weighted by Gasteiger charge is 2.36. The van der Waals surface area contributed by atoms with Crippen molar-refractivity contribution < 1.29 is 27.9 Å². The van der Waals surface area contributed by atoms with Crippen LogP contribution in [0.5, 0.6) is 0 Å². The van der Waals surface area contributed by atoms with Crippen molar-refractivity contribution in [1.82, 2.24) is 5.32 Å². The predicted molar refractivity (Wildman–Crippen MR) is 62.7 cm³/mol. The third-order valence-electron chi connectivity index (χ3n) is 2.84. The summed E-state index contributed by atoms with van der Waals surface area (Å²) in [6, 6.07) is 3.29. The van der Waals surface area contributed by atoms with E-state index in [1.54, 1.807) is 0 Å². The number of carbonyl (C=O) groups is 2. The van der Waals surface area contributed by atoms with Gasteiger partial charge in [-0.1, -0.05) is 6.07 Å². The van der Waals surface area contributed by atoms with Crippen LogP contribution in [0.4, 0.5) is 18.9 Å². The Balaban J connectivity index is 2.45. The zero-order valence-electron chi connectivity index (χ0n) is 10.2. The van der Waals surface area contributed by atoms with E-state index in [0.29, 0.717) is 0 Å². The van der Waals surface area contributed by atoms with Crippen molar-refractivity contribution in [3.63, 3.8) is 0 Å². The summed E-state index contributed by atoms with van der Waals surface area (Å²) >= 11 is 0. The van der Waals surface area contributed by atoms with Crippen LogP contribution in [0.3, 0.4) is 0 Å². The third-order valence-corrected chi connectivity index (χ3v) is 2.84. The van der Waals surface area contributed by atoms with Crippen LogP contribution in [-0.4, -0.2) is 30.0 Å². The number of carbonyl (C=O) groups excluding carboxylic acids is 2. The molecule has 0 radical (unpaired) electrons. The number of hydrogen-bond acceptors (Lipinski definition) is 4. The minimum Gasteiger partial charge on any atom is -0.392 e. The zero-order valence-corrected chi connectivity index (χ0v) is 10.2. The van der Waals surface area contributed by atoms with Gasteiger partial charge in [0.15, 0.2) is 0 Å². The summed E-state index contributed by atoms with van der Waals surface area (Å²) in [5.41, 5.74) is -1.13. The molecule has 2 rings (SSSR count). The number of alkyl halides is 3. The molecule has 1 fully saturated rings. The van der Waals surface area contributed by atoms with Crippen molar-refractivity contribution in [3.05, 3.63) is 29.3 Å². The molecule has 0 spiro atoms. The number of rotatable bonds is 2. The summed E-state index contributed by atoms with van der Waals surface area (Å²) in [4.78, 5) is 23.6. The Morgan fingerprint density at radius 2 is 1.80 bits per heavy atom. The van der Waals surface area contributed by atoms with E-state index in [2.05, 4.69) is 0 Å². The van der Waals surface area contributed by atoms with Crippen LogP contribution < -0.4 is 10.2 Å². The number of anilines is 1. The molecular formula is C12H11F3N2O3. The van der Waals surface area contributed by atoms with Crippen LogP contribution in [-0.2, 0) is 22.4 Å². The van der Waals surface area contributed by atoms with E-state index < -0.39 is 30.2 Å². The van der Waals surface area contributed by atoms with Gasteiger partial charge in [-0.25, -0.2) is 0 Å². The monoisotopic (exact) mass is 288 g/mol. The van der Waals surface area contributed by atoms with Crippen LogP contribution in [0.25, 0.3) is 0 Å². The third kappa shape index (κ3) is 2.90. The fourth-order valence-corrected chi connectivity index (χ4v) is 1.99. The summed E-state index contributed by atoms with van der Waals surface area (Å²) < 4.78 is 39.1. The maximum Gasteiger partial charge on any atom is 0.418 e. The van der Waals surface area contributed by atoms with Crippen molar-refractivity contribution >= 4 is 17.5 Å². The molecule has 108 valence electrons. The van der Waals surface area contributed by atoms with E-state index in [4.69, 9.17) is 5.11 Å². The molecule has 0 aliphatic carbocycles. The van der Waals surface area contributed by atoms with E-state index >= 15 is 0 Å². The van der Waals surface area contributed by atoms with Gasteiger partial charge in [0.1, 0.15) is 0 Å². The van der Waals surface area contributed by atoms with Gasteiger partial charge in [0.2, 0.25) is 11.8 Å². The van der Waals surface area contributed by atoms with E-state index in [-0.39, 0.29) is 24.3 Å². The summed E-state index contributed by atoms with van der Waals surface area (Å²) in [6.07, 6.45) is -4.64. The number of halogens is 3. The highest BCUT2D eigenvalue weighted by molar-refractivity contribution is 6.02.